The first-order valence-electron chi connectivity index (χ1n) is 8.23. The van der Waals surface area contributed by atoms with Gasteiger partial charge in [-0.05, 0) is 37.6 Å². The molecule has 1 fully saturated rings. The van der Waals surface area contributed by atoms with Crippen LogP contribution in [0.1, 0.15) is 50.2 Å². The van der Waals surface area contributed by atoms with Crippen LogP contribution in [0.15, 0.2) is 47.8 Å². The maximum atomic E-state index is 5.02. The Morgan fingerprint density at radius 1 is 1.26 bits per heavy atom. The summed E-state index contributed by atoms with van der Waals surface area (Å²) in [6.07, 6.45) is 6.32. The zero-order chi connectivity index (χ0) is 16.0. The number of rotatable bonds is 3. The highest BCUT2D eigenvalue weighted by molar-refractivity contribution is 8.14. The van der Waals surface area contributed by atoms with Crippen LogP contribution >= 0.6 is 11.8 Å². The van der Waals surface area contributed by atoms with Crippen molar-refractivity contribution in [1.82, 2.24) is 14.5 Å². The molecule has 0 N–H and O–H groups in total. The summed E-state index contributed by atoms with van der Waals surface area (Å²) in [6.45, 7) is 7.76. The summed E-state index contributed by atoms with van der Waals surface area (Å²) in [5, 5.41) is 1.78. The van der Waals surface area contributed by atoms with Crippen molar-refractivity contribution < 1.29 is 0 Å². The molecule has 0 aliphatic carbocycles. The monoisotopic (exact) mass is 326 g/mol. The van der Waals surface area contributed by atoms with Gasteiger partial charge in [0.1, 0.15) is 6.04 Å². The Balaban J connectivity index is 1.74. The van der Waals surface area contributed by atoms with E-state index >= 15 is 0 Å². The topological polar surface area (TPSA) is 33.4 Å². The lowest BCUT2D eigenvalue weighted by Crippen LogP contribution is -2.28. The molecule has 2 aromatic rings. The van der Waals surface area contributed by atoms with Gasteiger partial charge in [0.2, 0.25) is 0 Å². The van der Waals surface area contributed by atoms with Gasteiger partial charge >= 0.3 is 0 Å². The smallest absolute Gasteiger partial charge is 0.160 e. The van der Waals surface area contributed by atoms with Gasteiger partial charge < -0.3 is 9.47 Å². The number of nitrogens with zero attached hydrogens (tertiary/aromatic N) is 4. The van der Waals surface area contributed by atoms with Crippen LogP contribution in [0.3, 0.4) is 0 Å². The summed E-state index contributed by atoms with van der Waals surface area (Å²) in [5.41, 5.74) is 2.40. The van der Waals surface area contributed by atoms with Gasteiger partial charge in [0.25, 0.3) is 0 Å². The molecule has 4 nitrogen and oxygen atoms in total. The standard InChI is InChI=1S/C18H22N4S/c1-12(2)21-9-7-14(11-21)17-16(15-6-4-5-8-19-15)20-18-22(17)10-13(3)23-18/h4-9,11-13,16-17H,10H2,1-3H3/t13-,16-,17+/m1/s1. The van der Waals surface area contributed by atoms with E-state index in [1.165, 1.54) is 10.7 Å². The van der Waals surface area contributed by atoms with E-state index in [0.717, 1.165) is 12.2 Å². The van der Waals surface area contributed by atoms with Crippen LogP contribution in [-0.4, -0.2) is 31.4 Å². The first-order chi connectivity index (χ1) is 11.1. The fraction of sp³-hybridized carbons (Fsp3) is 0.444. The van der Waals surface area contributed by atoms with Gasteiger partial charge in [-0.2, -0.15) is 0 Å². The van der Waals surface area contributed by atoms with Crippen molar-refractivity contribution in [1.29, 1.82) is 0 Å². The highest BCUT2D eigenvalue weighted by Gasteiger charge is 2.43. The number of pyridine rings is 1. The van der Waals surface area contributed by atoms with Crippen molar-refractivity contribution in [2.24, 2.45) is 4.99 Å². The number of hydrogen-bond donors (Lipinski definition) is 0. The minimum Gasteiger partial charge on any atom is -0.351 e. The number of hydrogen-bond acceptors (Lipinski definition) is 4. The van der Waals surface area contributed by atoms with Crippen LogP contribution in [0.25, 0.3) is 0 Å². The molecule has 0 bridgehead atoms. The molecule has 5 heteroatoms. The molecule has 0 saturated carbocycles. The molecule has 0 spiro atoms. The van der Waals surface area contributed by atoms with Crippen LogP contribution in [0.2, 0.25) is 0 Å². The lowest BCUT2D eigenvalue weighted by molar-refractivity contribution is 0.321. The van der Waals surface area contributed by atoms with E-state index in [1.54, 1.807) is 0 Å². The molecule has 2 aromatic heterocycles. The molecular weight excluding hydrogens is 304 g/mol. The Morgan fingerprint density at radius 3 is 2.83 bits per heavy atom. The van der Waals surface area contributed by atoms with Gasteiger partial charge in [0.05, 0.1) is 11.7 Å². The van der Waals surface area contributed by atoms with Crippen molar-refractivity contribution in [3.8, 4) is 0 Å². The van der Waals surface area contributed by atoms with Crippen LogP contribution < -0.4 is 0 Å². The predicted molar refractivity (Wildman–Crippen MR) is 95.7 cm³/mol. The number of thioether (sulfide) groups is 1. The van der Waals surface area contributed by atoms with E-state index in [4.69, 9.17) is 4.99 Å². The molecule has 0 radical (unpaired) electrons. The second-order valence-electron chi connectivity index (χ2n) is 6.62. The van der Waals surface area contributed by atoms with E-state index in [-0.39, 0.29) is 12.1 Å². The van der Waals surface area contributed by atoms with E-state index in [0.29, 0.717) is 11.3 Å². The van der Waals surface area contributed by atoms with E-state index in [2.05, 4.69) is 65.8 Å². The minimum atomic E-state index is 0.0919. The van der Waals surface area contributed by atoms with Crippen LogP contribution in [-0.2, 0) is 0 Å². The molecule has 2 aliphatic rings. The SMILES string of the molecule is CC(C)n1ccc([C@H]2[C@@H](c3ccccn3)N=C3S[C@H](C)CN32)c1. The van der Waals surface area contributed by atoms with E-state index < -0.39 is 0 Å². The summed E-state index contributed by atoms with van der Waals surface area (Å²) in [4.78, 5) is 12.1. The maximum absolute atomic E-state index is 5.02. The molecule has 0 amide bonds. The lowest BCUT2D eigenvalue weighted by atomic mass is 9.99. The molecular formula is C18H22N4S. The molecule has 0 aromatic carbocycles. The van der Waals surface area contributed by atoms with Gasteiger partial charge in [-0.3, -0.25) is 9.98 Å². The van der Waals surface area contributed by atoms with Crippen LogP contribution in [0.4, 0.5) is 0 Å². The molecule has 2 aliphatic heterocycles. The largest absolute Gasteiger partial charge is 0.351 e. The second-order valence-corrected chi connectivity index (χ2v) is 8.03. The van der Waals surface area contributed by atoms with E-state index in [9.17, 15) is 0 Å². The van der Waals surface area contributed by atoms with Gasteiger partial charge in [0, 0.05) is 36.4 Å². The second kappa shape index (κ2) is 5.71. The normalized spacial score (nSPS) is 26.7. The third-order valence-corrected chi connectivity index (χ3v) is 5.66. The predicted octanol–water partition coefficient (Wildman–Crippen LogP) is 4.05. The molecule has 3 atom stereocenters. The summed E-state index contributed by atoms with van der Waals surface area (Å²) in [6, 6.07) is 9.19. The minimum absolute atomic E-state index is 0.0919. The fourth-order valence-electron chi connectivity index (χ4n) is 3.40. The van der Waals surface area contributed by atoms with Crippen molar-refractivity contribution in [3.63, 3.8) is 0 Å². The molecule has 23 heavy (non-hydrogen) atoms. The molecule has 1 saturated heterocycles. The molecule has 4 heterocycles. The van der Waals surface area contributed by atoms with Crippen molar-refractivity contribution in [2.75, 3.05) is 6.54 Å². The summed E-state index contributed by atoms with van der Waals surface area (Å²) in [5.74, 6) is 0. The first-order valence-corrected chi connectivity index (χ1v) is 9.11. The summed E-state index contributed by atoms with van der Waals surface area (Å²) in [7, 11) is 0. The van der Waals surface area contributed by atoms with Gasteiger partial charge in [0.15, 0.2) is 5.17 Å². The Labute approximate surface area is 141 Å². The fourth-order valence-corrected chi connectivity index (χ4v) is 4.50. The molecule has 4 rings (SSSR count). The number of aromatic nitrogens is 2. The number of aliphatic imine (C=N–C) groups is 1. The Bertz CT molecular complexity index is 722. The van der Waals surface area contributed by atoms with E-state index in [1.807, 2.05) is 24.0 Å². The van der Waals surface area contributed by atoms with Gasteiger partial charge in [-0.15, -0.1) is 0 Å². The quantitative estimate of drug-likeness (QED) is 0.853. The van der Waals surface area contributed by atoms with Crippen LogP contribution in [0, 0.1) is 0 Å². The third-order valence-electron chi connectivity index (χ3n) is 4.56. The average molecular weight is 326 g/mol. The Hall–Kier alpha value is -1.75. The zero-order valence-electron chi connectivity index (χ0n) is 13.8. The maximum Gasteiger partial charge on any atom is 0.160 e. The molecule has 120 valence electrons. The third kappa shape index (κ3) is 2.57. The van der Waals surface area contributed by atoms with Crippen molar-refractivity contribution >= 4 is 16.9 Å². The number of amidine groups is 1. The van der Waals surface area contributed by atoms with Gasteiger partial charge in [-0.1, -0.05) is 24.8 Å². The molecule has 0 unspecified atom stereocenters. The van der Waals surface area contributed by atoms with Gasteiger partial charge in [-0.25, -0.2) is 0 Å². The number of fused-ring (bicyclic) bond motifs is 1. The summed E-state index contributed by atoms with van der Waals surface area (Å²) >= 11 is 1.89. The first kappa shape index (κ1) is 14.8. The highest BCUT2D eigenvalue weighted by Crippen LogP contribution is 2.47. The van der Waals surface area contributed by atoms with Crippen molar-refractivity contribution in [3.05, 3.63) is 54.1 Å². The van der Waals surface area contributed by atoms with Crippen LogP contribution in [0.5, 0.6) is 0 Å². The van der Waals surface area contributed by atoms with Crippen molar-refractivity contribution in [2.45, 2.75) is 44.1 Å². The summed E-state index contributed by atoms with van der Waals surface area (Å²) < 4.78 is 2.27. The zero-order valence-corrected chi connectivity index (χ0v) is 14.6. The highest BCUT2D eigenvalue weighted by atomic mass is 32.2. The average Bonchev–Trinajstić information content (AvgIpc) is 3.21. The Kier molecular flexibility index (Phi) is 3.68. The Morgan fingerprint density at radius 2 is 2.13 bits per heavy atom. The lowest BCUT2D eigenvalue weighted by Gasteiger charge is -2.26.